The molecule has 0 fully saturated rings. The minimum Gasteiger partial charge on any atom is -0.458 e. The van der Waals surface area contributed by atoms with Crippen molar-refractivity contribution in [3.63, 3.8) is 0 Å². The van der Waals surface area contributed by atoms with Crippen LogP contribution in [0, 0.1) is 5.41 Å². The van der Waals surface area contributed by atoms with Crippen LogP contribution < -0.4 is 0 Å². The van der Waals surface area contributed by atoms with Gasteiger partial charge in [0.1, 0.15) is 23.9 Å². The van der Waals surface area contributed by atoms with Gasteiger partial charge in [0.05, 0.1) is 0 Å². The van der Waals surface area contributed by atoms with E-state index in [1.807, 2.05) is 51.1 Å². The molecule has 1 amide bonds. The molecular weight excluding hydrogens is 477 g/mol. The highest BCUT2D eigenvalue weighted by Crippen LogP contribution is 2.43. The van der Waals surface area contributed by atoms with E-state index in [1.165, 1.54) is 20.9 Å². The smallest absolute Gasteiger partial charge is 0.410 e. The van der Waals surface area contributed by atoms with Crippen LogP contribution >= 0.6 is 0 Å². The summed E-state index contributed by atoms with van der Waals surface area (Å²) in [5.74, 6) is -1.59. The van der Waals surface area contributed by atoms with Crippen LogP contribution in [0.25, 0.3) is 0 Å². The summed E-state index contributed by atoms with van der Waals surface area (Å²) in [5, 5.41) is 0. The Kier molecular flexibility index (Phi) is 11.2. The molecular formula is C29H46FNO6. The first kappa shape index (κ1) is 32.4. The lowest BCUT2D eigenvalue weighted by Gasteiger charge is -2.44. The number of alkyl halides is 1. The largest absolute Gasteiger partial charge is 0.458 e. The monoisotopic (exact) mass is 523 g/mol. The van der Waals surface area contributed by atoms with Crippen molar-refractivity contribution in [1.29, 1.82) is 0 Å². The van der Waals surface area contributed by atoms with E-state index in [2.05, 4.69) is 0 Å². The average molecular weight is 524 g/mol. The van der Waals surface area contributed by atoms with Gasteiger partial charge >= 0.3 is 18.0 Å². The zero-order chi connectivity index (χ0) is 28.7. The Bertz CT molecular complexity index is 907. The van der Waals surface area contributed by atoms with E-state index < -0.39 is 46.4 Å². The maximum absolute atomic E-state index is 14.8. The minimum absolute atomic E-state index is 0.0114. The third-order valence-corrected chi connectivity index (χ3v) is 6.74. The van der Waals surface area contributed by atoms with Crippen molar-refractivity contribution in [2.45, 2.75) is 118 Å². The van der Waals surface area contributed by atoms with E-state index in [4.69, 9.17) is 14.2 Å². The molecule has 0 N–H and O–H groups in total. The van der Waals surface area contributed by atoms with Crippen LogP contribution in [0.3, 0.4) is 0 Å². The van der Waals surface area contributed by atoms with Gasteiger partial charge < -0.3 is 14.2 Å². The Balaban J connectivity index is 3.38. The third kappa shape index (κ3) is 9.31. The summed E-state index contributed by atoms with van der Waals surface area (Å²) < 4.78 is 31.8. The fraction of sp³-hybridized carbons (Fsp3) is 0.690. The summed E-state index contributed by atoms with van der Waals surface area (Å²) in [6.07, 6.45) is 0.704. The predicted molar refractivity (Wildman–Crippen MR) is 142 cm³/mol. The van der Waals surface area contributed by atoms with Gasteiger partial charge in [0.2, 0.25) is 5.60 Å². The molecule has 0 spiro atoms. The number of hydrogen-bond acceptors (Lipinski definition) is 6. The van der Waals surface area contributed by atoms with E-state index in [1.54, 1.807) is 27.7 Å². The maximum Gasteiger partial charge on any atom is 0.410 e. The van der Waals surface area contributed by atoms with Crippen LogP contribution in [0.15, 0.2) is 30.3 Å². The summed E-state index contributed by atoms with van der Waals surface area (Å²) in [6, 6.07) is 7.88. The van der Waals surface area contributed by atoms with Gasteiger partial charge in [-0.2, -0.15) is 0 Å². The Morgan fingerprint density at radius 1 is 0.946 bits per heavy atom. The summed E-state index contributed by atoms with van der Waals surface area (Å²) >= 11 is 0. The number of hydrogen-bond donors (Lipinski definition) is 0. The number of likely N-dealkylation sites (N-methyl/N-ethyl adjacent to an activating group) is 1. The van der Waals surface area contributed by atoms with Gasteiger partial charge in [0, 0.05) is 18.9 Å². The summed E-state index contributed by atoms with van der Waals surface area (Å²) in [6.45, 7) is 15.1. The fourth-order valence-corrected chi connectivity index (χ4v) is 4.15. The second-order valence-electron chi connectivity index (χ2n) is 11.7. The molecule has 1 unspecified atom stereocenters. The molecule has 0 heterocycles. The second-order valence-corrected chi connectivity index (χ2v) is 11.7. The number of rotatable bonds is 12. The van der Waals surface area contributed by atoms with Gasteiger partial charge in [-0.3, -0.25) is 4.90 Å². The summed E-state index contributed by atoms with van der Waals surface area (Å²) in [4.78, 5) is 41.0. The topological polar surface area (TPSA) is 82.1 Å². The van der Waals surface area contributed by atoms with E-state index in [-0.39, 0.29) is 13.0 Å². The molecule has 0 saturated heterocycles. The number of benzene rings is 1. The van der Waals surface area contributed by atoms with Crippen LogP contribution in [0.2, 0.25) is 0 Å². The number of halogens is 1. The van der Waals surface area contributed by atoms with Crippen molar-refractivity contribution in [3.8, 4) is 0 Å². The van der Waals surface area contributed by atoms with Crippen molar-refractivity contribution in [2.24, 2.45) is 5.41 Å². The molecule has 0 aliphatic carbocycles. The normalized spacial score (nSPS) is 16.1. The van der Waals surface area contributed by atoms with E-state index >= 15 is 0 Å². The maximum atomic E-state index is 14.8. The van der Waals surface area contributed by atoms with Crippen molar-refractivity contribution >= 4 is 18.0 Å². The number of nitrogens with zero attached hydrogens (tertiary/aromatic N) is 1. The zero-order valence-electron chi connectivity index (χ0n) is 24.3. The highest BCUT2D eigenvalue weighted by atomic mass is 19.1. The lowest BCUT2D eigenvalue weighted by Crippen LogP contribution is -2.57. The number of ether oxygens (including phenoxy) is 3. The molecule has 210 valence electrons. The number of carbonyl (C=O) groups excluding carboxylic acids is 3. The number of amides is 1. The van der Waals surface area contributed by atoms with Crippen molar-refractivity contribution in [1.82, 2.24) is 4.90 Å². The van der Waals surface area contributed by atoms with Crippen molar-refractivity contribution in [2.75, 3.05) is 7.05 Å². The van der Waals surface area contributed by atoms with Crippen LogP contribution in [-0.4, -0.2) is 52.9 Å². The molecule has 0 saturated carbocycles. The highest BCUT2D eigenvalue weighted by molar-refractivity contribution is 5.87. The fourth-order valence-electron chi connectivity index (χ4n) is 4.15. The Hall–Kier alpha value is -2.64. The van der Waals surface area contributed by atoms with E-state index in [0.29, 0.717) is 12.8 Å². The lowest BCUT2D eigenvalue weighted by molar-refractivity contribution is -0.202. The molecule has 0 aliphatic heterocycles. The molecule has 0 bridgehead atoms. The van der Waals surface area contributed by atoms with Crippen molar-refractivity contribution in [3.05, 3.63) is 35.9 Å². The van der Waals surface area contributed by atoms with Gasteiger partial charge in [-0.25, -0.2) is 18.8 Å². The van der Waals surface area contributed by atoms with Gasteiger partial charge in [-0.05, 0) is 59.9 Å². The SMILES string of the molecule is CCC[C@@](C)(CC)C(C)(OC(=O)[C@H](CC(C)(C)F)N(C)C(=O)OC(C)(C)C)C(=O)OCc1ccccc1. The molecule has 0 radical (unpaired) electrons. The van der Waals surface area contributed by atoms with Crippen LogP contribution in [0.1, 0.15) is 93.6 Å². The predicted octanol–water partition coefficient (Wildman–Crippen LogP) is 6.62. The Morgan fingerprint density at radius 2 is 1.51 bits per heavy atom. The van der Waals surface area contributed by atoms with E-state index in [9.17, 15) is 18.8 Å². The molecule has 3 atom stereocenters. The van der Waals surface area contributed by atoms with Crippen LogP contribution in [0.4, 0.5) is 9.18 Å². The van der Waals surface area contributed by atoms with Gasteiger partial charge in [-0.15, -0.1) is 0 Å². The third-order valence-electron chi connectivity index (χ3n) is 6.74. The molecule has 1 aromatic rings. The Morgan fingerprint density at radius 3 is 1.97 bits per heavy atom. The summed E-state index contributed by atoms with van der Waals surface area (Å²) in [7, 11) is 1.36. The van der Waals surface area contributed by atoms with Crippen molar-refractivity contribution < 1.29 is 33.0 Å². The first-order valence-electron chi connectivity index (χ1n) is 13.0. The standard InChI is InChI=1S/C29H46FNO6/c1-11-18-28(8,12-2)29(9,24(33)35-20-21-16-14-13-15-17-21)36-23(32)22(19-27(6,7)30)31(10)25(34)37-26(3,4)5/h13-17,22H,11-12,18-20H2,1-10H3/t22-,28+,29?/m0/s1. The highest BCUT2D eigenvalue weighted by Gasteiger charge is 2.54. The molecule has 0 aromatic heterocycles. The average Bonchev–Trinajstić information content (AvgIpc) is 2.79. The molecule has 1 aromatic carbocycles. The molecule has 0 aliphatic rings. The summed E-state index contributed by atoms with van der Waals surface area (Å²) in [5.41, 5.74) is -4.28. The first-order chi connectivity index (χ1) is 16.9. The van der Waals surface area contributed by atoms with Gasteiger partial charge in [-0.1, -0.05) is 57.5 Å². The molecule has 7 nitrogen and oxygen atoms in total. The Labute approximate surface area is 222 Å². The zero-order valence-corrected chi connectivity index (χ0v) is 24.3. The van der Waals surface area contributed by atoms with Crippen LogP contribution in [-0.2, 0) is 30.4 Å². The molecule has 37 heavy (non-hydrogen) atoms. The van der Waals surface area contributed by atoms with Crippen LogP contribution in [0.5, 0.6) is 0 Å². The quantitative estimate of drug-likeness (QED) is 0.226. The minimum atomic E-state index is -1.80. The second kappa shape index (κ2) is 12.7. The van der Waals surface area contributed by atoms with E-state index in [0.717, 1.165) is 16.9 Å². The number of esters is 2. The van der Waals surface area contributed by atoms with Gasteiger partial charge in [0.15, 0.2) is 0 Å². The molecule has 8 heteroatoms. The number of carbonyl (C=O) groups is 3. The van der Waals surface area contributed by atoms with Gasteiger partial charge in [0.25, 0.3) is 0 Å². The molecule has 1 rings (SSSR count). The first-order valence-corrected chi connectivity index (χ1v) is 13.0. The lowest BCUT2D eigenvalue weighted by atomic mass is 9.69.